The molecule has 32 heavy (non-hydrogen) atoms. The highest BCUT2D eigenvalue weighted by atomic mass is 32.2. The van der Waals surface area contributed by atoms with E-state index in [1.54, 1.807) is 0 Å². The predicted molar refractivity (Wildman–Crippen MR) is 108 cm³/mol. The monoisotopic (exact) mass is 468 g/mol. The van der Waals surface area contributed by atoms with Crippen LogP contribution in [0.1, 0.15) is 15.9 Å². The fourth-order valence-electron chi connectivity index (χ4n) is 2.67. The molecule has 0 aromatic heterocycles. The van der Waals surface area contributed by atoms with Gasteiger partial charge in [-0.1, -0.05) is 18.2 Å². The lowest BCUT2D eigenvalue weighted by Crippen LogP contribution is -2.24. The smallest absolute Gasteiger partial charge is 0.405 e. The van der Waals surface area contributed by atoms with Gasteiger partial charge >= 0.3 is 6.36 Å². The molecule has 0 fully saturated rings. The van der Waals surface area contributed by atoms with Crippen molar-refractivity contribution in [1.29, 1.82) is 0 Å². The van der Waals surface area contributed by atoms with Crippen molar-refractivity contribution in [2.45, 2.75) is 17.8 Å². The molecule has 0 saturated heterocycles. The molecule has 168 valence electrons. The summed E-state index contributed by atoms with van der Waals surface area (Å²) in [6, 6.07) is 15.0. The lowest BCUT2D eigenvalue weighted by molar-refractivity contribution is -0.274. The Kier molecular flexibility index (Phi) is 6.68. The number of hydrogen-bond donors (Lipinski definition) is 2. The first-order chi connectivity index (χ1) is 15.0. The van der Waals surface area contributed by atoms with Gasteiger partial charge in [0.05, 0.1) is 4.90 Å². The Labute approximate surface area is 180 Å². The summed E-state index contributed by atoms with van der Waals surface area (Å²) in [7, 11) is -3.95. The molecule has 0 aliphatic carbocycles. The minimum absolute atomic E-state index is 0.127. The van der Waals surface area contributed by atoms with Crippen LogP contribution in [-0.2, 0) is 16.6 Å². The molecule has 0 bridgehead atoms. The molecule has 2 N–H and O–H groups in total. The van der Waals surface area contributed by atoms with Gasteiger partial charge in [0.1, 0.15) is 11.6 Å². The molecule has 0 unspecified atom stereocenters. The lowest BCUT2D eigenvalue weighted by atomic mass is 10.1. The average Bonchev–Trinajstić information content (AvgIpc) is 2.72. The number of sulfonamides is 1. The van der Waals surface area contributed by atoms with Gasteiger partial charge in [-0.05, 0) is 54.6 Å². The molecule has 1 amide bonds. The van der Waals surface area contributed by atoms with Crippen molar-refractivity contribution >= 4 is 21.6 Å². The SMILES string of the molecule is O=C(NCc1ccccc1OC(F)(F)F)c1ccc(NS(=O)(=O)c2ccc(F)cc2)cc1. The molecule has 0 atom stereocenters. The van der Waals surface area contributed by atoms with Crippen LogP contribution < -0.4 is 14.8 Å². The largest absolute Gasteiger partial charge is 0.573 e. The third kappa shape index (κ3) is 6.20. The van der Waals surface area contributed by atoms with Gasteiger partial charge in [0.25, 0.3) is 15.9 Å². The van der Waals surface area contributed by atoms with Crippen molar-refractivity contribution in [3.63, 3.8) is 0 Å². The van der Waals surface area contributed by atoms with Gasteiger partial charge in [-0.3, -0.25) is 9.52 Å². The molecular weight excluding hydrogens is 452 g/mol. The highest BCUT2D eigenvalue weighted by Crippen LogP contribution is 2.26. The summed E-state index contributed by atoms with van der Waals surface area (Å²) in [4.78, 5) is 12.2. The van der Waals surface area contributed by atoms with Gasteiger partial charge < -0.3 is 10.1 Å². The number of carbonyl (C=O) groups excluding carboxylic acids is 1. The molecule has 0 aliphatic heterocycles. The minimum atomic E-state index is -4.86. The molecule has 3 aromatic rings. The Balaban J connectivity index is 1.64. The Morgan fingerprint density at radius 1 is 0.906 bits per heavy atom. The fourth-order valence-corrected chi connectivity index (χ4v) is 3.73. The normalized spacial score (nSPS) is 11.6. The number of hydrogen-bond acceptors (Lipinski definition) is 4. The minimum Gasteiger partial charge on any atom is -0.405 e. The van der Waals surface area contributed by atoms with Crippen LogP contribution in [0.5, 0.6) is 5.75 Å². The van der Waals surface area contributed by atoms with Crippen LogP contribution in [0.25, 0.3) is 0 Å². The van der Waals surface area contributed by atoms with E-state index in [9.17, 15) is 30.8 Å². The number of para-hydroxylation sites is 1. The summed E-state index contributed by atoms with van der Waals surface area (Å²) in [5.41, 5.74) is 0.445. The molecule has 0 heterocycles. The maximum Gasteiger partial charge on any atom is 0.573 e. The van der Waals surface area contributed by atoms with Crippen molar-refractivity contribution in [3.8, 4) is 5.75 Å². The van der Waals surface area contributed by atoms with E-state index in [0.29, 0.717) is 0 Å². The average molecular weight is 468 g/mol. The van der Waals surface area contributed by atoms with Gasteiger partial charge in [-0.15, -0.1) is 13.2 Å². The summed E-state index contributed by atoms with van der Waals surface area (Å²) in [6.07, 6.45) is -4.86. The van der Waals surface area contributed by atoms with E-state index >= 15 is 0 Å². The molecule has 0 aliphatic rings. The zero-order valence-electron chi connectivity index (χ0n) is 16.2. The summed E-state index contributed by atoms with van der Waals surface area (Å²) in [6.45, 7) is -0.218. The van der Waals surface area contributed by atoms with Crippen LogP contribution >= 0.6 is 0 Å². The summed E-state index contributed by atoms with van der Waals surface area (Å²) in [5, 5.41) is 2.48. The Morgan fingerprint density at radius 3 is 2.16 bits per heavy atom. The Morgan fingerprint density at radius 2 is 1.53 bits per heavy atom. The Bertz CT molecular complexity index is 1200. The standard InChI is InChI=1S/C21H16F4N2O4S/c22-16-7-11-18(12-8-16)32(29,30)27-17-9-5-14(6-10-17)20(28)26-13-15-3-1-2-4-19(15)31-21(23,24)25/h1-12,27H,13H2,(H,26,28). The van der Waals surface area contributed by atoms with E-state index in [1.165, 1.54) is 42.5 Å². The number of amides is 1. The predicted octanol–water partition coefficient (Wildman–Crippen LogP) is 4.46. The van der Waals surface area contributed by atoms with Crippen molar-refractivity contribution < 1.29 is 35.5 Å². The van der Waals surface area contributed by atoms with Crippen LogP contribution in [0, 0.1) is 5.82 Å². The van der Waals surface area contributed by atoms with E-state index < -0.39 is 33.9 Å². The van der Waals surface area contributed by atoms with E-state index in [-0.39, 0.29) is 28.3 Å². The number of benzene rings is 3. The molecule has 3 rings (SSSR count). The van der Waals surface area contributed by atoms with Gasteiger partial charge in [-0.25, -0.2) is 12.8 Å². The van der Waals surface area contributed by atoms with Crippen LogP contribution in [0.2, 0.25) is 0 Å². The fraction of sp³-hybridized carbons (Fsp3) is 0.0952. The second-order valence-corrected chi connectivity index (χ2v) is 8.16. The molecule has 3 aromatic carbocycles. The Hall–Kier alpha value is -3.60. The van der Waals surface area contributed by atoms with Crippen molar-refractivity contribution in [2.75, 3.05) is 4.72 Å². The van der Waals surface area contributed by atoms with Gasteiger partial charge in [-0.2, -0.15) is 0 Å². The maximum absolute atomic E-state index is 13.0. The number of carbonyl (C=O) groups is 1. The third-order valence-corrected chi connectivity index (χ3v) is 5.56. The van der Waals surface area contributed by atoms with E-state index in [1.807, 2.05) is 0 Å². The number of anilines is 1. The zero-order chi connectivity index (χ0) is 23.4. The number of nitrogens with one attached hydrogen (secondary N) is 2. The third-order valence-electron chi connectivity index (χ3n) is 4.16. The van der Waals surface area contributed by atoms with Crippen LogP contribution in [0.3, 0.4) is 0 Å². The number of alkyl halides is 3. The quantitative estimate of drug-likeness (QED) is 0.502. The molecule has 0 radical (unpaired) electrons. The summed E-state index contributed by atoms with van der Waals surface area (Å²) >= 11 is 0. The summed E-state index contributed by atoms with van der Waals surface area (Å²) < 4.78 is 81.3. The van der Waals surface area contributed by atoms with Gasteiger partial charge in [0.15, 0.2) is 0 Å². The first kappa shape index (κ1) is 23.1. The highest BCUT2D eigenvalue weighted by molar-refractivity contribution is 7.92. The van der Waals surface area contributed by atoms with Crippen molar-refractivity contribution in [3.05, 3.63) is 89.7 Å². The van der Waals surface area contributed by atoms with E-state index in [0.717, 1.165) is 30.3 Å². The second-order valence-electron chi connectivity index (χ2n) is 6.47. The molecule has 6 nitrogen and oxygen atoms in total. The van der Waals surface area contributed by atoms with Crippen LogP contribution in [0.4, 0.5) is 23.2 Å². The van der Waals surface area contributed by atoms with Crippen molar-refractivity contribution in [2.24, 2.45) is 0 Å². The van der Waals surface area contributed by atoms with E-state index in [2.05, 4.69) is 14.8 Å². The number of ether oxygens (including phenoxy) is 1. The summed E-state index contributed by atoms with van der Waals surface area (Å²) in [5.74, 6) is -1.59. The molecule has 0 spiro atoms. The first-order valence-corrected chi connectivity index (χ1v) is 10.5. The highest BCUT2D eigenvalue weighted by Gasteiger charge is 2.32. The van der Waals surface area contributed by atoms with E-state index in [4.69, 9.17) is 0 Å². The lowest BCUT2D eigenvalue weighted by Gasteiger charge is -2.14. The number of rotatable bonds is 7. The van der Waals surface area contributed by atoms with Crippen molar-refractivity contribution in [1.82, 2.24) is 5.32 Å². The zero-order valence-corrected chi connectivity index (χ0v) is 17.0. The molecule has 11 heteroatoms. The molecule has 0 saturated carbocycles. The second kappa shape index (κ2) is 9.27. The maximum atomic E-state index is 13.0. The van der Waals surface area contributed by atoms with Gasteiger partial charge in [0.2, 0.25) is 0 Å². The first-order valence-electron chi connectivity index (χ1n) is 9.04. The van der Waals surface area contributed by atoms with Crippen LogP contribution in [0.15, 0.2) is 77.7 Å². The topological polar surface area (TPSA) is 84.5 Å². The van der Waals surface area contributed by atoms with Gasteiger partial charge in [0, 0.05) is 23.4 Å². The number of halogens is 4. The molecular formula is C21H16F4N2O4S. The van der Waals surface area contributed by atoms with Crippen LogP contribution in [-0.4, -0.2) is 20.7 Å².